The molecule has 0 bridgehead atoms. The molecule has 0 aliphatic carbocycles. The molecule has 1 saturated heterocycles. The maximum atomic E-state index is 12.4. The van der Waals surface area contributed by atoms with Crippen LogP contribution < -0.4 is 10.1 Å². The number of piperidine rings is 1. The van der Waals surface area contributed by atoms with Gasteiger partial charge >= 0.3 is 0 Å². The summed E-state index contributed by atoms with van der Waals surface area (Å²) in [6, 6.07) is 9.68. The van der Waals surface area contributed by atoms with E-state index in [0.717, 1.165) is 31.5 Å². The van der Waals surface area contributed by atoms with Crippen LogP contribution in [0.5, 0.6) is 5.88 Å². The Morgan fingerprint density at radius 1 is 1.17 bits per heavy atom. The summed E-state index contributed by atoms with van der Waals surface area (Å²) in [6.07, 6.45) is 4.99. The molecule has 1 aromatic heterocycles. The Morgan fingerprint density at radius 2 is 1.87 bits per heavy atom. The number of nitrogens with zero attached hydrogens (tertiary/aromatic N) is 3. The lowest BCUT2D eigenvalue weighted by Crippen LogP contribution is -2.42. The lowest BCUT2D eigenvalue weighted by Gasteiger charge is -2.32. The van der Waals surface area contributed by atoms with Gasteiger partial charge in [0.25, 0.3) is 11.8 Å². The standard InChI is InChI=1S/C17H20N4O2/c1-23-16-15(18-9-10-19-16)20-14-7-11-21(12-8-14)17(22)13-5-3-2-4-6-13/h2-6,9-10,14H,7-8,11-12H2,1H3,(H,18,20). The van der Waals surface area contributed by atoms with Crippen LogP contribution >= 0.6 is 0 Å². The fourth-order valence-electron chi connectivity index (χ4n) is 2.76. The van der Waals surface area contributed by atoms with Gasteiger partial charge in [-0.1, -0.05) is 18.2 Å². The third-order valence-corrected chi connectivity index (χ3v) is 4.00. The van der Waals surface area contributed by atoms with Crippen LogP contribution in [0, 0.1) is 0 Å². The monoisotopic (exact) mass is 312 g/mol. The summed E-state index contributed by atoms with van der Waals surface area (Å²) in [6.45, 7) is 1.46. The van der Waals surface area contributed by atoms with Crippen molar-refractivity contribution >= 4 is 11.7 Å². The van der Waals surface area contributed by atoms with E-state index in [2.05, 4.69) is 15.3 Å². The molecule has 0 spiro atoms. The fraction of sp³-hybridized carbons (Fsp3) is 0.353. The van der Waals surface area contributed by atoms with Gasteiger partial charge in [-0.15, -0.1) is 0 Å². The lowest BCUT2D eigenvalue weighted by atomic mass is 10.0. The highest BCUT2D eigenvalue weighted by molar-refractivity contribution is 5.94. The SMILES string of the molecule is COc1nccnc1NC1CCN(C(=O)c2ccccc2)CC1. The zero-order chi connectivity index (χ0) is 16.1. The highest BCUT2D eigenvalue weighted by atomic mass is 16.5. The van der Waals surface area contributed by atoms with Crippen molar-refractivity contribution in [3.63, 3.8) is 0 Å². The van der Waals surface area contributed by atoms with Gasteiger partial charge in [0.15, 0.2) is 5.82 Å². The Balaban J connectivity index is 1.57. The van der Waals surface area contributed by atoms with Crippen molar-refractivity contribution in [1.29, 1.82) is 0 Å². The van der Waals surface area contributed by atoms with E-state index in [0.29, 0.717) is 11.7 Å². The Labute approximate surface area is 135 Å². The smallest absolute Gasteiger partial charge is 0.257 e. The zero-order valence-electron chi connectivity index (χ0n) is 13.1. The number of ether oxygens (including phenoxy) is 1. The van der Waals surface area contributed by atoms with Crippen molar-refractivity contribution < 1.29 is 9.53 Å². The van der Waals surface area contributed by atoms with E-state index in [9.17, 15) is 4.79 Å². The summed E-state index contributed by atoms with van der Waals surface area (Å²) in [5, 5.41) is 3.36. The number of hydrogen-bond acceptors (Lipinski definition) is 5. The summed E-state index contributed by atoms with van der Waals surface area (Å²) >= 11 is 0. The van der Waals surface area contributed by atoms with Gasteiger partial charge in [-0.3, -0.25) is 4.79 Å². The Kier molecular flexibility index (Phi) is 4.71. The molecule has 0 saturated carbocycles. The van der Waals surface area contributed by atoms with Gasteiger partial charge in [0.2, 0.25) is 0 Å². The van der Waals surface area contributed by atoms with Gasteiger partial charge in [0.05, 0.1) is 7.11 Å². The summed E-state index contributed by atoms with van der Waals surface area (Å²) < 4.78 is 5.20. The normalized spacial score (nSPS) is 15.3. The first kappa shape index (κ1) is 15.3. The number of methoxy groups -OCH3 is 1. The average Bonchev–Trinajstić information content (AvgIpc) is 2.63. The first-order valence-electron chi connectivity index (χ1n) is 7.74. The number of aromatic nitrogens is 2. The van der Waals surface area contributed by atoms with Gasteiger partial charge in [0, 0.05) is 37.1 Å². The molecule has 3 rings (SSSR count). The van der Waals surface area contributed by atoms with Crippen LogP contribution in [0.4, 0.5) is 5.82 Å². The summed E-state index contributed by atoms with van der Waals surface area (Å²) in [5.74, 6) is 1.25. The number of hydrogen-bond donors (Lipinski definition) is 1. The van der Waals surface area contributed by atoms with Crippen LogP contribution in [0.1, 0.15) is 23.2 Å². The van der Waals surface area contributed by atoms with Crippen LogP contribution in [-0.4, -0.2) is 47.0 Å². The Hall–Kier alpha value is -2.63. The third kappa shape index (κ3) is 3.59. The van der Waals surface area contributed by atoms with Crippen LogP contribution in [0.2, 0.25) is 0 Å². The molecule has 0 atom stereocenters. The highest BCUT2D eigenvalue weighted by Crippen LogP contribution is 2.22. The number of rotatable bonds is 4. The molecular formula is C17H20N4O2. The quantitative estimate of drug-likeness (QED) is 0.937. The molecule has 1 aliphatic heterocycles. The van der Waals surface area contributed by atoms with E-state index in [4.69, 9.17) is 4.74 Å². The van der Waals surface area contributed by atoms with Crippen molar-refractivity contribution in [3.8, 4) is 5.88 Å². The third-order valence-electron chi connectivity index (χ3n) is 4.00. The molecule has 1 aromatic carbocycles. The van der Waals surface area contributed by atoms with E-state index in [1.165, 1.54) is 0 Å². The average molecular weight is 312 g/mol. The van der Waals surface area contributed by atoms with Gasteiger partial charge in [-0.25, -0.2) is 9.97 Å². The molecule has 6 nitrogen and oxygen atoms in total. The molecule has 1 N–H and O–H groups in total. The van der Waals surface area contributed by atoms with Crippen LogP contribution in [0.15, 0.2) is 42.7 Å². The summed E-state index contributed by atoms with van der Waals surface area (Å²) in [7, 11) is 1.58. The highest BCUT2D eigenvalue weighted by Gasteiger charge is 2.24. The van der Waals surface area contributed by atoms with E-state index in [1.807, 2.05) is 35.2 Å². The molecule has 23 heavy (non-hydrogen) atoms. The van der Waals surface area contributed by atoms with Crippen LogP contribution in [-0.2, 0) is 0 Å². The van der Waals surface area contributed by atoms with Gasteiger partial charge in [0.1, 0.15) is 0 Å². The molecule has 120 valence electrons. The Morgan fingerprint density at radius 3 is 2.57 bits per heavy atom. The molecule has 1 amide bonds. The molecule has 1 aliphatic rings. The van der Waals surface area contributed by atoms with Gasteiger partial charge in [-0.05, 0) is 25.0 Å². The number of benzene rings is 1. The van der Waals surface area contributed by atoms with Crippen molar-refractivity contribution in [3.05, 3.63) is 48.3 Å². The predicted octanol–water partition coefficient (Wildman–Crippen LogP) is 2.20. The Bertz CT molecular complexity index is 655. The number of anilines is 1. The van der Waals surface area contributed by atoms with Crippen molar-refractivity contribution in [2.24, 2.45) is 0 Å². The molecule has 0 unspecified atom stereocenters. The van der Waals surface area contributed by atoms with E-state index >= 15 is 0 Å². The number of carbonyl (C=O) groups is 1. The van der Waals surface area contributed by atoms with Crippen LogP contribution in [0.3, 0.4) is 0 Å². The topological polar surface area (TPSA) is 67.4 Å². The van der Waals surface area contributed by atoms with E-state index in [1.54, 1.807) is 19.5 Å². The predicted molar refractivity (Wildman–Crippen MR) is 87.6 cm³/mol. The molecule has 0 radical (unpaired) electrons. The maximum Gasteiger partial charge on any atom is 0.257 e. The molecule has 2 aromatic rings. The van der Waals surface area contributed by atoms with Gasteiger partial charge in [-0.2, -0.15) is 0 Å². The van der Waals surface area contributed by atoms with Crippen LogP contribution in [0.25, 0.3) is 0 Å². The molecule has 1 fully saturated rings. The van der Waals surface area contributed by atoms with Crippen molar-refractivity contribution in [2.75, 3.05) is 25.5 Å². The minimum atomic E-state index is 0.0983. The van der Waals surface area contributed by atoms with E-state index < -0.39 is 0 Å². The minimum Gasteiger partial charge on any atom is -0.478 e. The van der Waals surface area contributed by atoms with Crippen molar-refractivity contribution in [2.45, 2.75) is 18.9 Å². The fourth-order valence-corrected chi connectivity index (χ4v) is 2.76. The second-order valence-corrected chi connectivity index (χ2v) is 5.49. The first-order valence-corrected chi connectivity index (χ1v) is 7.74. The first-order chi connectivity index (χ1) is 11.3. The molecule has 2 heterocycles. The summed E-state index contributed by atoms with van der Waals surface area (Å²) in [4.78, 5) is 22.7. The molecular weight excluding hydrogens is 292 g/mol. The van der Waals surface area contributed by atoms with Crippen molar-refractivity contribution in [1.82, 2.24) is 14.9 Å². The minimum absolute atomic E-state index is 0.0983. The second kappa shape index (κ2) is 7.09. The number of nitrogens with one attached hydrogen (secondary N) is 1. The maximum absolute atomic E-state index is 12.4. The lowest BCUT2D eigenvalue weighted by molar-refractivity contribution is 0.0718. The van der Waals surface area contributed by atoms with Gasteiger partial charge < -0.3 is 15.0 Å². The molecule has 6 heteroatoms. The van der Waals surface area contributed by atoms with E-state index in [-0.39, 0.29) is 11.9 Å². The number of carbonyl (C=O) groups excluding carboxylic acids is 1. The second-order valence-electron chi connectivity index (χ2n) is 5.49. The zero-order valence-corrected chi connectivity index (χ0v) is 13.1. The number of amides is 1. The summed E-state index contributed by atoms with van der Waals surface area (Å²) in [5.41, 5.74) is 0.745. The largest absolute Gasteiger partial charge is 0.478 e. The number of likely N-dealkylation sites (tertiary alicyclic amines) is 1.